The zero-order valence-corrected chi connectivity index (χ0v) is 78.6. The van der Waals surface area contributed by atoms with Gasteiger partial charge in [-0.1, -0.05) is 376 Å². The minimum Gasteiger partial charge on any atom is -0.260 e. The Balaban J connectivity index is 0.000000190. The first-order chi connectivity index (χ1) is 58.8. The Kier molecular flexibility index (Phi) is 37.9. The van der Waals surface area contributed by atoms with Gasteiger partial charge in [-0.05, 0) is 334 Å². The van der Waals surface area contributed by atoms with E-state index in [0.29, 0.717) is 0 Å². The maximum atomic E-state index is 4.33. The zero-order valence-electron chi connectivity index (χ0n) is 78.6. The fourth-order valence-corrected chi connectivity index (χ4v) is 15.2. The topological polar surface area (TPSA) is 12.4 Å². The molecule has 1 heteroatoms. The summed E-state index contributed by atoms with van der Waals surface area (Å²) in [6, 6.07) is 110. The van der Waals surface area contributed by atoms with E-state index in [-0.39, 0.29) is 0 Å². The predicted molar refractivity (Wildman–Crippen MR) is 553 cm³/mol. The fourth-order valence-electron chi connectivity index (χ4n) is 15.2. The molecule has 20 rings (SSSR count). The first-order valence-corrected chi connectivity index (χ1v) is 44.8. The minimum absolute atomic E-state index is 1.01. The van der Waals surface area contributed by atoms with Gasteiger partial charge in [0.25, 0.3) is 0 Å². The SMILES string of the molecule is CC.CC.CC.CC.CC.CC.CC.Cc1cc2cc3ccccc3cc2cc1C.Cc1cc2ccc3ccccc3c2cc1C.Cc1cc2ccc3ccccc3c2cc1C.Cc1ccc2c(c1C)N=CC2.Cc1ccc2c(ccc3ccccc32)c1C.Cc1ccc2cc3ccccc3cc2c1C.Cc1ccc2ccc3ccccc3c2c1C. The van der Waals surface area contributed by atoms with E-state index in [0.717, 1.165) is 6.42 Å². The number of hydrogen-bond acceptors (Lipinski definition) is 1. The number of aryl methyl sites for hydroxylation is 13. The number of hydrogen-bond donors (Lipinski definition) is 0. The molecule has 1 aliphatic rings. The molecule has 1 heterocycles. The Morgan fingerprint density at radius 3 is 0.884 bits per heavy atom. The lowest BCUT2D eigenvalue weighted by molar-refractivity contribution is 1.28. The molecule has 0 aromatic heterocycles. The zero-order chi connectivity index (χ0) is 88.6. The third-order valence-corrected chi connectivity index (χ3v) is 22.7. The molecule has 0 fully saturated rings. The van der Waals surface area contributed by atoms with Gasteiger partial charge in [-0.15, -0.1) is 0 Å². The molecule has 0 saturated carbocycles. The van der Waals surface area contributed by atoms with Gasteiger partial charge in [0.1, 0.15) is 0 Å². The van der Waals surface area contributed by atoms with Crippen molar-refractivity contribution >= 4 is 141 Å². The Morgan fingerprint density at radius 2 is 0.438 bits per heavy atom. The highest BCUT2D eigenvalue weighted by atomic mass is 14.8. The first kappa shape index (κ1) is 96.1. The van der Waals surface area contributed by atoms with E-state index >= 15 is 0 Å². The highest BCUT2D eigenvalue weighted by Gasteiger charge is 2.12. The molecule has 0 spiro atoms. The van der Waals surface area contributed by atoms with Crippen LogP contribution in [0.3, 0.4) is 0 Å². The maximum absolute atomic E-state index is 4.33. The summed E-state index contributed by atoms with van der Waals surface area (Å²) in [6.07, 6.45) is 2.99. The van der Waals surface area contributed by atoms with Crippen molar-refractivity contribution in [2.24, 2.45) is 4.99 Å². The van der Waals surface area contributed by atoms with Crippen LogP contribution >= 0.6 is 0 Å². The second kappa shape index (κ2) is 47.7. The molecular weight excluding hydrogens is 1460 g/mol. The van der Waals surface area contributed by atoms with Crippen molar-refractivity contribution < 1.29 is 0 Å². The van der Waals surface area contributed by atoms with Gasteiger partial charge in [-0.25, -0.2) is 0 Å². The van der Waals surface area contributed by atoms with E-state index < -0.39 is 0 Å². The van der Waals surface area contributed by atoms with Crippen LogP contribution in [-0.4, -0.2) is 6.21 Å². The molecule has 1 aliphatic heterocycles. The minimum atomic E-state index is 1.01. The number of aliphatic imine (C=N–C) groups is 1. The summed E-state index contributed by atoms with van der Waals surface area (Å²) in [5.74, 6) is 0. The molecule has 0 unspecified atom stereocenters. The van der Waals surface area contributed by atoms with Crippen LogP contribution in [0, 0.1) is 96.9 Å². The van der Waals surface area contributed by atoms with Crippen LogP contribution in [0.25, 0.3) is 129 Å². The molecule has 0 atom stereocenters. The average molecular weight is 1590 g/mol. The van der Waals surface area contributed by atoms with E-state index in [1.54, 1.807) is 0 Å². The van der Waals surface area contributed by atoms with E-state index in [9.17, 15) is 0 Å². The normalized spacial score (nSPS) is 10.4. The largest absolute Gasteiger partial charge is 0.260 e. The van der Waals surface area contributed by atoms with Crippen LogP contribution in [0.2, 0.25) is 0 Å². The van der Waals surface area contributed by atoms with Crippen molar-refractivity contribution in [1.82, 2.24) is 0 Å². The van der Waals surface area contributed by atoms with Gasteiger partial charge < -0.3 is 0 Å². The molecule has 0 aliphatic carbocycles. The molecule has 0 saturated heterocycles. The molecule has 0 N–H and O–H groups in total. The molecule has 1 nitrogen and oxygen atoms in total. The molecule has 0 amide bonds. The van der Waals surface area contributed by atoms with Crippen LogP contribution in [0.1, 0.15) is 180 Å². The summed E-state index contributed by atoms with van der Waals surface area (Å²) in [6.45, 7) is 58.4. The van der Waals surface area contributed by atoms with E-state index in [1.165, 1.54) is 218 Å². The van der Waals surface area contributed by atoms with Gasteiger partial charge in [0.15, 0.2) is 0 Å². The van der Waals surface area contributed by atoms with Crippen molar-refractivity contribution in [1.29, 1.82) is 0 Å². The average Bonchev–Trinajstić information content (AvgIpc) is 1.16. The lowest BCUT2D eigenvalue weighted by atomic mass is 9.96. The van der Waals surface area contributed by atoms with Crippen LogP contribution in [0.4, 0.5) is 5.69 Å². The van der Waals surface area contributed by atoms with Crippen LogP contribution in [0.5, 0.6) is 0 Å². The summed E-state index contributed by atoms with van der Waals surface area (Å²) in [4.78, 5) is 4.33. The highest BCUT2D eigenvalue weighted by molar-refractivity contribution is 6.12. The molecule has 19 aromatic carbocycles. The molecule has 19 aromatic rings. The van der Waals surface area contributed by atoms with E-state index in [1.807, 2.05) is 103 Å². The summed E-state index contributed by atoms with van der Waals surface area (Å²) in [7, 11) is 0. The van der Waals surface area contributed by atoms with Crippen molar-refractivity contribution in [3.63, 3.8) is 0 Å². The smallest absolute Gasteiger partial charge is 0.0693 e. The lowest BCUT2D eigenvalue weighted by Gasteiger charge is -2.09. The predicted octanol–water partition coefficient (Wildman–Crippen LogP) is 37.4. The summed E-state index contributed by atoms with van der Waals surface area (Å²) >= 11 is 0. The van der Waals surface area contributed by atoms with Crippen molar-refractivity contribution in [2.75, 3.05) is 0 Å². The summed E-state index contributed by atoms with van der Waals surface area (Å²) < 4.78 is 0. The highest BCUT2D eigenvalue weighted by Crippen LogP contribution is 2.35. The maximum Gasteiger partial charge on any atom is 0.0693 e. The third-order valence-electron chi connectivity index (χ3n) is 22.7. The molecular formula is C120H137N. The lowest BCUT2D eigenvalue weighted by Crippen LogP contribution is -1.85. The van der Waals surface area contributed by atoms with E-state index in [4.69, 9.17) is 0 Å². The number of fused-ring (bicyclic) bond motifs is 17. The Labute approximate surface area is 728 Å². The number of rotatable bonds is 0. The molecule has 0 bridgehead atoms. The Bertz CT molecular complexity index is 6300. The summed E-state index contributed by atoms with van der Waals surface area (Å²) in [5.41, 5.74) is 21.7. The van der Waals surface area contributed by atoms with Crippen LogP contribution < -0.4 is 0 Å². The van der Waals surface area contributed by atoms with Crippen molar-refractivity contribution in [2.45, 2.75) is 200 Å². The monoisotopic (exact) mass is 1590 g/mol. The number of benzene rings is 19. The molecule has 121 heavy (non-hydrogen) atoms. The molecule has 622 valence electrons. The standard InChI is InChI=1S/6C16H14.C10H11N.7C2H6/c1-11-7-15-9-13-5-3-4-6-14(13)10-16(15)8-12(11)2;1-11-7-9-16-14(12(11)2)10-8-13-5-3-4-6-15(13)16;2*1-11-9-14-8-7-13-5-3-4-6-15(13)16(14)10-12(11)2;1-11-7-8-15-9-13-5-3-4-6-14(13)10-16(15)12(11)2;1-11-7-8-14-10-9-13-5-3-4-6-15(13)16(14)12(11)2;1-7-3-4-9-5-6-11-10(9)8(7)2;7*1-2/h6*3-10H,1-2H3;3-4,6H,5H2,1-2H3;7*1-2H3. The van der Waals surface area contributed by atoms with Gasteiger partial charge in [-0.3, -0.25) is 4.99 Å². The Hall–Kier alpha value is -12.0. The second-order valence-corrected chi connectivity index (χ2v) is 29.6. The van der Waals surface area contributed by atoms with Crippen molar-refractivity contribution in [3.05, 3.63) is 387 Å². The Morgan fingerprint density at radius 1 is 0.165 bits per heavy atom. The van der Waals surface area contributed by atoms with E-state index in [2.05, 4.69) is 405 Å². The van der Waals surface area contributed by atoms with Crippen molar-refractivity contribution in [3.8, 4) is 0 Å². The van der Waals surface area contributed by atoms with Crippen LogP contribution in [-0.2, 0) is 6.42 Å². The fraction of sp³-hybridized carbons (Fsp3) is 0.242. The van der Waals surface area contributed by atoms with Crippen LogP contribution in [0.15, 0.2) is 308 Å². The second-order valence-electron chi connectivity index (χ2n) is 29.6. The summed E-state index contributed by atoms with van der Waals surface area (Å²) in [5, 5.41) is 32.2. The molecule has 0 radical (unpaired) electrons. The van der Waals surface area contributed by atoms with Gasteiger partial charge in [0, 0.05) is 12.6 Å². The van der Waals surface area contributed by atoms with Gasteiger partial charge in [0.05, 0.1) is 5.69 Å². The first-order valence-electron chi connectivity index (χ1n) is 44.8. The van der Waals surface area contributed by atoms with Gasteiger partial charge in [0.2, 0.25) is 0 Å². The van der Waals surface area contributed by atoms with Gasteiger partial charge >= 0.3 is 0 Å². The number of nitrogens with zero attached hydrogens (tertiary/aromatic N) is 1. The third kappa shape index (κ3) is 23.3. The quantitative estimate of drug-likeness (QED) is 0.106. The van der Waals surface area contributed by atoms with Gasteiger partial charge in [-0.2, -0.15) is 0 Å².